The lowest BCUT2D eigenvalue weighted by Gasteiger charge is -2.26. The number of hydrogen-bond donors (Lipinski definition) is 2. The highest BCUT2D eigenvalue weighted by Crippen LogP contribution is 2.18. The summed E-state index contributed by atoms with van der Waals surface area (Å²) in [5.41, 5.74) is 1.13. The number of morpholine rings is 1. The fourth-order valence-corrected chi connectivity index (χ4v) is 3.18. The van der Waals surface area contributed by atoms with Crippen LogP contribution in [0.25, 0.3) is 0 Å². The SMILES string of the molecule is CC(C)COc1ccc(C(C)NC(=NCC(=O)N(C)C)NCCCN2CCOCC2)cc1.I. The molecule has 8 nitrogen and oxygen atoms in total. The van der Waals surface area contributed by atoms with E-state index in [0.717, 1.165) is 57.1 Å². The molecule has 1 atom stereocenters. The molecule has 33 heavy (non-hydrogen) atoms. The summed E-state index contributed by atoms with van der Waals surface area (Å²) >= 11 is 0. The number of nitrogens with zero attached hydrogens (tertiary/aromatic N) is 3. The first-order valence-electron chi connectivity index (χ1n) is 11.6. The molecular formula is C24H42IN5O3. The van der Waals surface area contributed by atoms with Gasteiger partial charge >= 0.3 is 0 Å². The van der Waals surface area contributed by atoms with E-state index in [1.807, 2.05) is 12.1 Å². The fraction of sp³-hybridized carbons (Fsp3) is 0.667. The van der Waals surface area contributed by atoms with E-state index in [2.05, 4.69) is 53.4 Å². The van der Waals surface area contributed by atoms with Crippen LogP contribution < -0.4 is 15.4 Å². The molecule has 2 N–H and O–H groups in total. The van der Waals surface area contributed by atoms with E-state index in [9.17, 15) is 4.79 Å². The third-order valence-electron chi connectivity index (χ3n) is 5.24. The summed E-state index contributed by atoms with van der Waals surface area (Å²) in [4.78, 5) is 20.5. The summed E-state index contributed by atoms with van der Waals surface area (Å²) < 4.78 is 11.2. The largest absolute Gasteiger partial charge is 0.493 e. The van der Waals surface area contributed by atoms with E-state index >= 15 is 0 Å². The number of carbonyl (C=O) groups excluding carboxylic acids is 1. The highest BCUT2D eigenvalue weighted by molar-refractivity contribution is 14.0. The lowest BCUT2D eigenvalue weighted by atomic mass is 10.1. The third kappa shape index (κ3) is 11.9. The topological polar surface area (TPSA) is 78.4 Å². The van der Waals surface area contributed by atoms with Crippen LogP contribution >= 0.6 is 24.0 Å². The monoisotopic (exact) mass is 575 g/mol. The van der Waals surface area contributed by atoms with Gasteiger partial charge in [0.25, 0.3) is 0 Å². The smallest absolute Gasteiger partial charge is 0.243 e. The summed E-state index contributed by atoms with van der Waals surface area (Å²) in [6, 6.07) is 8.16. The lowest BCUT2D eigenvalue weighted by molar-refractivity contribution is -0.127. The normalized spacial score (nSPS) is 15.5. The molecule has 1 saturated heterocycles. The highest BCUT2D eigenvalue weighted by atomic mass is 127. The molecule has 188 valence electrons. The Bertz CT molecular complexity index is 707. The van der Waals surface area contributed by atoms with Crippen LogP contribution in [-0.2, 0) is 9.53 Å². The summed E-state index contributed by atoms with van der Waals surface area (Å²) in [6.45, 7) is 12.6. The second kappa shape index (κ2) is 16.1. The number of rotatable bonds is 11. The van der Waals surface area contributed by atoms with Gasteiger partial charge in [-0.2, -0.15) is 0 Å². The Morgan fingerprint density at radius 2 is 1.85 bits per heavy atom. The Labute approximate surface area is 216 Å². The van der Waals surface area contributed by atoms with Gasteiger partial charge in [0.2, 0.25) is 5.91 Å². The second-order valence-electron chi connectivity index (χ2n) is 8.83. The molecule has 0 aromatic heterocycles. The molecular weight excluding hydrogens is 533 g/mol. The number of halogens is 1. The van der Waals surface area contributed by atoms with Gasteiger partial charge in [-0.1, -0.05) is 26.0 Å². The van der Waals surface area contributed by atoms with Crippen molar-refractivity contribution in [2.24, 2.45) is 10.9 Å². The van der Waals surface area contributed by atoms with E-state index in [0.29, 0.717) is 18.5 Å². The molecule has 1 aliphatic rings. The van der Waals surface area contributed by atoms with Gasteiger partial charge < -0.3 is 25.0 Å². The number of hydrogen-bond acceptors (Lipinski definition) is 5. The first-order chi connectivity index (χ1) is 15.3. The molecule has 0 radical (unpaired) electrons. The maximum Gasteiger partial charge on any atom is 0.243 e. The molecule has 1 amide bonds. The molecule has 0 bridgehead atoms. The van der Waals surface area contributed by atoms with Crippen LogP contribution in [0.4, 0.5) is 0 Å². The predicted octanol–water partition coefficient (Wildman–Crippen LogP) is 2.75. The zero-order valence-corrected chi connectivity index (χ0v) is 23.1. The summed E-state index contributed by atoms with van der Waals surface area (Å²) in [7, 11) is 3.48. The molecule has 1 heterocycles. The number of benzene rings is 1. The lowest BCUT2D eigenvalue weighted by Crippen LogP contribution is -2.42. The molecule has 0 spiro atoms. The molecule has 1 unspecified atom stereocenters. The van der Waals surface area contributed by atoms with Crippen LogP contribution in [0.2, 0.25) is 0 Å². The van der Waals surface area contributed by atoms with Crippen molar-refractivity contribution in [3.05, 3.63) is 29.8 Å². The van der Waals surface area contributed by atoms with Gasteiger partial charge in [-0.05, 0) is 43.5 Å². The fourth-order valence-electron chi connectivity index (χ4n) is 3.18. The van der Waals surface area contributed by atoms with Crippen LogP contribution in [0.15, 0.2) is 29.3 Å². The van der Waals surface area contributed by atoms with Gasteiger partial charge in [-0.15, -0.1) is 24.0 Å². The molecule has 9 heteroatoms. The minimum Gasteiger partial charge on any atom is -0.493 e. The predicted molar refractivity (Wildman–Crippen MR) is 145 cm³/mol. The molecule has 1 fully saturated rings. The number of likely N-dealkylation sites (N-methyl/N-ethyl adjacent to an activating group) is 1. The van der Waals surface area contributed by atoms with E-state index in [-0.39, 0.29) is 42.5 Å². The Morgan fingerprint density at radius 1 is 1.18 bits per heavy atom. The Kier molecular flexibility index (Phi) is 14.4. The van der Waals surface area contributed by atoms with Crippen molar-refractivity contribution < 1.29 is 14.3 Å². The minimum absolute atomic E-state index is 0. The van der Waals surface area contributed by atoms with E-state index < -0.39 is 0 Å². The molecule has 0 saturated carbocycles. The number of ether oxygens (including phenoxy) is 2. The zero-order valence-electron chi connectivity index (χ0n) is 20.8. The minimum atomic E-state index is -0.0290. The van der Waals surface area contributed by atoms with Gasteiger partial charge in [0.1, 0.15) is 12.3 Å². The molecule has 1 aromatic carbocycles. The summed E-state index contributed by atoms with van der Waals surface area (Å²) in [5, 5.41) is 6.81. The molecule has 1 aromatic rings. The standard InChI is InChI=1S/C24H41N5O3.HI/c1-19(2)18-32-22-9-7-21(8-10-22)20(3)27-24(26-17-23(30)28(4)5)25-11-6-12-29-13-15-31-16-14-29;/h7-10,19-20H,6,11-18H2,1-5H3,(H2,25,26,27);1H. The number of guanidine groups is 1. The van der Waals surface area contributed by atoms with Crippen LogP contribution in [0.1, 0.15) is 38.8 Å². The number of carbonyl (C=O) groups is 1. The summed E-state index contributed by atoms with van der Waals surface area (Å²) in [6.07, 6.45) is 0.999. The first kappa shape index (κ1) is 29.4. The number of amides is 1. The van der Waals surface area contributed by atoms with E-state index in [1.54, 1.807) is 19.0 Å². The average molecular weight is 576 g/mol. The number of nitrogens with one attached hydrogen (secondary N) is 2. The quantitative estimate of drug-likeness (QED) is 0.183. The maximum absolute atomic E-state index is 12.0. The van der Waals surface area contributed by atoms with E-state index in [4.69, 9.17) is 9.47 Å². The Balaban J connectivity index is 0.00000544. The van der Waals surface area contributed by atoms with Gasteiger partial charge in [-0.25, -0.2) is 4.99 Å². The van der Waals surface area contributed by atoms with Crippen molar-refractivity contribution in [1.82, 2.24) is 20.4 Å². The van der Waals surface area contributed by atoms with Crippen LogP contribution in [0.5, 0.6) is 5.75 Å². The van der Waals surface area contributed by atoms with Crippen molar-refractivity contribution in [2.75, 3.05) is 66.6 Å². The third-order valence-corrected chi connectivity index (χ3v) is 5.24. The van der Waals surface area contributed by atoms with Crippen molar-refractivity contribution in [3.8, 4) is 5.75 Å². The Hall–Kier alpha value is -1.59. The second-order valence-corrected chi connectivity index (χ2v) is 8.83. The average Bonchev–Trinajstić information content (AvgIpc) is 2.79. The van der Waals surface area contributed by atoms with Crippen LogP contribution in [0, 0.1) is 5.92 Å². The molecule has 1 aliphatic heterocycles. The summed E-state index contributed by atoms with van der Waals surface area (Å²) in [5.74, 6) is 1.99. The Morgan fingerprint density at radius 3 is 2.45 bits per heavy atom. The van der Waals surface area contributed by atoms with Gasteiger partial charge in [-0.3, -0.25) is 9.69 Å². The van der Waals surface area contributed by atoms with Crippen molar-refractivity contribution >= 4 is 35.8 Å². The van der Waals surface area contributed by atoms with Crippen molar-refractivity contribution in [2.45, 2.75) is 33.2 Å². The van der Waals surface area contributed by atoms with Crippen molar-refractivity contribution in [3.63, 3.8) is 0 Å². The zero-order chi connectivity index (χ0) is 23.3. The molecule has 2 rings (SSSR count). The van der Waals surface area contributed by atoms with E-state index in [1.165, 1.54) is 0 Å². The number of aliphatic imine (C=N–C) groups is 1. The first-order valence-corrected chi connectivity index (χ1v) is 11.6. The van der Waals surface area contributed by atoms with Gasteiger partial charge in [0.15, 0.2) is 5.96 Å². The van der Waals surface area contributed by atoms with Gasteiger partial charge in [0, 0.05) is 33.7 Å². The van der Waals surface area contributed by atoms with Crippen molar-refractivity contribution in [1.29, 1.82) is 0 Å². The van der Waals surface area contributed by atoms with Crippen LogP contribution in [0.3, 0.4) is 0 Å². The maximum atomic E-state index is 12.0. The van der Waals surface area contributed by atoms with Gasteiger partial charge in [0.05, 0.1) is 25.9 Å². The van der Waals surface area contributed by atoms with Crippen LogP contribution in [-0.4, -0.2) is 88.3 Å². The highest BCUT2D eigenvalue weighted by Gasteiger charge is 2.12. The molecule has 0 aliphatic carbocycles.